The lowest BCUT2D eigenvalue weighted by Crippen LogP contribution is -2.56. The molecule has 1 saturated carbocycles. The minimum Gasteiger partial charge on any atom is -0.475 e. The second kappa shape index (κ2) is 6.77. The summed E-state index contributed by atoms with van der Waals surface area (Å²) in [7, 11) is 0. The number of ether oxygens (including phenoxy) is 1. The molecule has 28 heavy (non-hydrogen) atoms. The molecule has 1 aromatic heterocycles. The van der Waals surface area contributed by atoms with Gasteiger partial charge in [0.2, 0.25) is 0 Å². The Labute approximate surface area is 161 Å². The third kappa shape index (κ3) is 3.88. The number of nitrogens with zero attached hydrogens (tertiary/aromatic N) is 4. The van der Waals surface area contributed by atoms with E-state index in [1.165, 1.54) is 16.0 Å². The van der Waals surface area contributed by atoms with Gasteiger partial charge >= 0.3 is 0 Å². The molecule has 1 unspecified atom stereocenters. The Morgan fingerprint density at radius 1 is 1.32 bits per heavy atom. The third-order valence-corrected chi connectivity index (χ3v) is 5.33. The van der Waals surface area contributed by atoms with Crippen LogP contribution in [0.3, 0.4) is 0 Å². The molecular formula is C18H25F2N5O3. The number of carbonyl (C=O) groups excluding carboxylic acids is 1. The van der Waals surface area contributed by atoms with E-state index >= 15 is 0 Å². The Morgan fingerprint density at radius 2 is 2.04 bits per heavy atom. The second-order valence-corrected chi connectivity index (χ2v) is 8.74. The fourth-order valence-corrected chi connectivity index (χ4v) is 3.61. The molecule has 2 N–H and O–H groups in total. The van der Waals surface area contributed by atoms with E-state index in [-0.39, 0.29) is 28.7 Å². The highest BCUT2D eigenvalue weighted by atomic mass is 19.3. The van der Waals surface area contributed by atoms with E-state index in [4.69, 9.17) is 15.5 Å². The van der Waals surface area contributed by atoms with E-state index in [0.29, 0.717) is 25.5 Å². The molecule has 3 heterocycles. The maximum Gasteiger partial charge on any atom is 0.282 e. The van der Waals surface area contributed by atoms with Crippen LogP contribution in [0, 0.1) is 11.3 Å². The summed E-state index contributed by atoms with van der Waals surface area (Å²) in [5.74, 6) is 3.07. The molecule has 0 radical (unpaired) electrons. The molecule has 1 atom stereocenters. The molecule has 4 rings (SSSR count). The highest BCUT2D eigenvalue weighted by molar-refractivity contribution is 5.92. The summed E-state index contributed by atoms with van der Waals surface area (Å²) < 4.78 is 32.3. The van der Waals surface area contributed by atoms with Crippen molar-refractivity contribution in [2.45, 2.75) is 45.3 Å². The standard InChI is InChI=1S/C18H25F2N5O3/c1-17(2)5-13(28-21)25(8-17)16(26)12-6-22-14(24-9-18(19,20)10-24)15(23-12)27-7-11-3-4-11/h6,11,13H,3-5,7-10,21H2,1-2H3. The smallest absolute Gasteiger partial charge is 0.282 e. The van der Waals surface area contributed by atoms with E-state index in [1.54, 1.807) is 0 Å². The van der Waals surface area contributed by atoms with Crippen molar-refractivity contribution in [3.8, 4) is 5.88 Å². The number of alkyl halides is 2. The van der Waals surface area contributed by atoms with Crippen LogP contribution in [-0.4, -0.2) is 59.2 Å². The van der Waals surface area contributed by atoms with Gasteiger partial charge in [-0.2, -0.15) is 0 Å². The zero-order chi connectivity index (χ0) is 20.1. The number of carbonyl (C=O) groups is 1. The number of halogens is 2. The van der Waals surface area contributed by atoms with Crippen molar-refractivity contribution in [1.82, 2.24) is 14.9 Å². The van der Waals surface area contributed by atoms with Gasteiger partial charge in [-0.1, -0.05) is 13.8 Å². The van der Waals surface area contributed by atoms with E-state index in [9.17, 15) is 13.6 Å². The first kappa shape index (κ1) is 19.3. The minimum absolute atomic E-state index is 0.0848. The minimum atomic E-state index is -2.74. The summed E-state index contributed by atoms with van der Waals surface area (Å²) >= 11 is 0. The number of hydrogen-bond donors (Lipinski definition) is 1. The van der Waals surface area contributed by atoms with Crippen LogP contribution in [0.1, 0.15) is 43.6 Å². The summed E-state index contributed by atoms with van der Waals surface area (Å²) in [6.45, 7) is 4.09. The molecule has 1 amide bonds. The normalized spacial score (nSPS) is 25.5. The predicted molar refractivity (Wildman–Crippen MR) is 95.9 cm³/mol. The number of aromatic nitrogens is 2. The molecule has 1 aromatic rings. The molecule has 3 fully saturated rings. The van der Waals surface area contributed by atoms with Crippen molar-refractivity contribution in [2.24, 2.45) is 17.2 Å². The van der Waals surface area contributed by atoms with Crippen molar-refractivity contribution in [1.29, 1.82) is 0 Å². The molecule has 0 bridgehead atoms. The number of nitrogens with two attached hydrogens (primary N) is 1. The van der Waals surface area contributed by atoms with Gasteiger partial charge in [0.15, 0.2) is 17.7 Å². The van der Waals surface area contributed by atoms with Crippen LogP contribution in [0.25, 0.3) is 0 Å². The van der Waals surface area contributed by atoms with Crippen LogP contribution in [0.15, 0.2) is 6.20 Å². The number of amides is 1. The first-order chi connectivity index (χ1) is 13.2. The average Bonchev–Trinajstić information content (AvgIpc) is 3.39. The number of likely N-dealkylation sites (tertiary alicyclic amines) is 1. The number of anilines is 1. The number of rotatable bonds is 6. The Bertz CT molecular complexity index is 764. The zero-order valence-corrected chi connectivity index (χ0v) is 16.0. The lowest BCUT2D eigenvalue weighted by Gasteiger charge is -2.39. The largest absolute Gasteiger partial charge is 0.475 e. The van der Waals surface area contributed by atoms with Gasteiger partial charge in [0.1, 0.15) is 0 Å². The van der Waals surface area contributed by atoms with Gasteiger partial charge in [-0.25, -0.2) is 24.6 Å². The summed E-state index contributed by atoms with van der Waals surface area (Å²) in [5.41, 5.74) is -0.0525. The summed E-state index contributed by atoms with van der Waals surface area (Å²) in [6, 6.07) is 0. The highest BCUT2D eigenvalue weighted by Crippen LogP contribution is 2.38. The monoisotopic (exact) mass is 397 g/mol. The second-order valence-electron chi connectivity index (χ2n) is 8.74. The van der Waals surface area contributed by atoms with E-state index in [1.807, 2.05) is 13.8 Å². The van der Waals surface area contributed by atoms with E-state index in [2.05, 4.69) is 9.97 Å². The average molecular weight is 397 g/mol. The maximum absolute atomic E-state index is 13.3. The van der Waals surface area contributed by atoms with Crippen LogP contribution < -0.4 is 15.5 Å². The lowest BCUT2D eigenvalue weighted by molar-refractivity contribution is -0.0282. The van der Waals surface area contributed by atoms with Gasteiger partial charge in [-0.3, -0.25) is 9.63 Å². The van der Waals surface area contributed by atoms with Crippen molar-refractivity contribution < 1.29 is 23.1 Å². The SMILES string of the molecule is CC1(C)CC(ON)N(C(=O)c2cnc(N3CC(F)(F)C3)c(OCC3CC3)n2)C1. The molecule has 10 heteroatoms. The van der Waals surface area contributed by atoms with Gasteiger partial charge in [0.25, 0.3) is 17.7 Å². The fraction of sp³-hybridized carbons (Fsp3) is 0.722. The van der Waals surface area contributed by atoms with Gasteiger partial charge in [-0.05, 0) is 24.2 Å². The van der Waals surface area contributed by atoms with Crippen LogP contribution in [0.4, 0.5) is 14.6 Å². The summed E-state index contributed by atoms with van der Waals surface area (Å²) in [5, 5.41) is 0. The molecule has 8 nitrogen and oxygen atoms in total. The number of hydrogen-bond acceptors (Lipinski definition) is 7. The van der Waals surface area contributed by atoms with Gasteiger partial charge in [0.05, 0.1) is 25.9 Å². The summed E-state index contributed by atoms with van der Waals surface area (Å²) in [6.07, 6.45) is 3.50. The quantitative estimate of drug-likeness (QED) is 0.732. The van der Waals surface area contributed by atoms with Gasteiger partial charge in [-0.15, -0.1) is 0 Å². The molecule has 1 aliphatic carbocycles. The Kier molecular flexibility index (Phi) is 4.65. The molecular weight excluding hydrogens is 372 g/mol. The van der Waals surface area contributed by atoms with Crippen molar-refractivity contribution in [3.05, 3.63) is 11.9 Å². The predicted octanol–water partition coefficient (Wildman–Crippen LogP) is 1.81. The Hall–Kier alpha value is -2.07. The first-order valence-electron chi connectivity index (χ1n) is 9.47. The maximum atomic E-state index is 13.3. The summed E-state index contributed by atoms with van der Waals surface area (Å²) in [4.78, 5) is 29.4. The fourth-order valence-electron chi connectivity index (χ4n) is 3.61. The van der Waals surface area contributed by atoms with Crippen molar-refractivity contribution in [3.63, 3.8) is 0 Å². The molecule has 154 valence electrons. The molecule has 3 aliphatic rings. The highest BCUT2D eigenvalue weighted by Gasteiger charge is 2.46. The zero-order valence-electron chi connectivity index (χ0n) is 16.0. The van der Waals surface area contributed by atoms with Gasteiger partial charge in [0, 0.05) is 13.0 Å². The lowest BCUT2D eigenvalue weighted by atomic mass is 9.93. The molecule has 0 spiro atoms. The van der Waals surface area contributed by atoms with Crippen molar-refractivity contribution >= 4 is 11.7 Å². The first-order valence-corrected chi connectivity index (χ1v) is 9.47. The Balaban J connectivity index is 1.56. The van der Waals surface area contributed by atoms with Crippen molar-refractivity contribution in [2.75, 3.05) is 31.1 Å². The molecule has 2 saturated heterocycles. The van der Waals surface area contributed by atoms with Crippen LogP contribution >= 0.6 is 0 Å². The molecule has 2 aliphatic heterocycles. The van der Waals surface area contributed by atoms with Gasteiger partial charge < -0.3 is 14.5 Å². The van der Waals surface area contributed by atoms with Crippen LogP contribution in [-0.2, 0) is 4.84 Å². The third-order valence-electron chi connectivity index (χ3n) is 5.33. The Morgan fingerprint density at radius 3 is 2.64 bits per heavy atom. The van der Waals surface area contributed by atoms with E-state index < -0.39 is 25.2 Å². The molecule has 0 aromatic carbocycles. The van der Waals surface area contributed by atoms with Crippen LogP contribution in [0.2, 0.25) is 0 Å². The van der Waals surface area contributed by atoms with E-state index in [0.717, 1.165) is 12.8 Å². The topological polar surface area (TPSA) is 93.8 Å². The van der Waals surface area contributed by atoms with Crippen LogP contribution in [0.5, 0.6) is 5.88 Å².